The summed E-state index contributed by atoms with van der Waals surface area (Å²) in [4.78, 5) is 7.69. The Morgan fingerprint density at radius 1 is 1.28 bits per heavy atom. The first-order chi connectivity index (χ1) is 14.2. The quantitative estimate of drug-likeness (QED) is 0.384. The Hall–Kier alpha value is -3.00. The molecule has 1 aliphatic carbocycles. The first-order valence-electron chi connectivity index (χ1n) is 9.84. The van der Waals surface area contributed by atoms with Crippen molar-refractivity contribution >= 4 is 35.7 Å². The number of aliphatic imine (C=N–C) groups is 1. The van der Waals surface area contributed by atoms with Crippen molar-refractivity contribution in [3.63, 3.8) is 0 Å². The van der Waals surface area contributed by atoms with Crippen LogP contribution in [-0.4, -0.2) is 17.7 Å². The van der Waals surface area contributed by atoms with Gasteiger partial charge < -0.3 is 10.3 Å². The molecule has 0 spiro atoms. The van der Waals surface area contributed by atoms with Crippen LogP contribution in [0.1, 0.15) is 41.3 Å². The van der Waals surface area contributed by atoms with Gasteiger partial charge in [0.1, 0.15) is 0 Å². The number of nitrogens with zero attached hydrogens (tertiary/aromatic N) is 1. The fraction of sp³-hybridized carbons (Fsp3) is 0.200. The first kappa shape index (κ1) is 20.7. The summed E-state index contributed by atoms with van der Waals surface area (Å²) in [5.41, 5.74) is 9.64. The van der Waals surface area contributed by atoms with Gasteiger partial charge in [0.05, 0.1) is 12.2 Å². The second kappa shape index (κ2) is 10.5. The van der Waals surface area contributed by atoms with Crippen LogP contribution in [0.5, 0.6) is 0 Å². The number of fused-ring (bicyclic) bond motifs is 1. The van der Waals surface area contributed by atoms with Gasteiger partial charge in [0.15, 0.2) is 0 Å². The minimum Gasteiger partial charge on any atom is -0.385 e. The van der Waals surface area contributed by atoms with Gasteiger partial charge in [-0.05, 0) is 47.8 Å². The van der Waals surface area contributed by atoms with Crippen LogP contribution in [0.2, 0.25) is 0 Å². The van der Waals surface area contributed by atoms with E-state index < -0.39 is 0 Å². The van der Waals surface area contributed by atoms with E-state index in [1.165, 1.54) is 11.1 Å². The van der Waals surface area contributed by atoms with Gasteiger partial charge in [0.2, 0.25) is 0 Å². The maximum atomic E-state index is 6.18. The van der Waals surface area contributed by atoms with Crippen LogP contribution in [-0.2, 0) is 13.0 Å². The highest BCUT2D eigenvalue weighted by molar-refractivity contribution is 6.33. The molecule has 2 aromatic rings. The number of hydrogen-bond acceptors (Lipinski definition) is 2. The molecule has 1 aliphatic rings. The van der Waals surface area contributed by atoms with Crippen LogP contribution in [0, 0.1) is 0 Å². The second-order valence-electron chi connectivity index (χ2n) is 6.80. The van der Waals surface area contributed by atoms with Crippen molar-refractivity contribution in [1.82, 2.24) is 10.3 Å². The Balaban J connectivity index is 1.51. The third-order valence-electron chi connectivity index (χ3n) is 4.64. The summed E-state index contributed by atoms with van der Waals surface area (Å²) >= 11 is 6.18. The van der Waals surface area contributed by atoms with Crippen molar-refractivity contribution in [3.05, 3.63) is 94.0 Å². The summed E-state index contributed by atoms with van der Waals surface area (Å²) in [6, 6.07) is 8.37. The molecule has 3 nitrogen and oxygen atoms in total. The standard InChI is InChI=1S/C25H26ClN3/c1-3-4-5-14-27-17-20-9-11-21(12-10-20)19(2)28-15-13-22-18-29-25-8-6-7-23(26)16-24(22)25/h4-5,7-12,14,16,18,28-29H,2-3,13,15,17H2,1H3/b5-4-,27-14?. The molecule has 2 N–H and O–H groups in total. The number of allylic oxidation sites excluding steroid dienone is 4. The van der Waals surface area contributed by atoms with Gasteiger partial charge >= 0.3 is 0 Å². The lowest BCUT2D eigenvalue weighted by Crippen LogP contribution is -2.15. The average molecular weight is 404 g/mol. The highest BCUT2D eigenvalue weighted by Gasteiger charge is 2.09. The molecule has 1 aromatic heterocycles. The number of H-pyrrole nitrogens is 1. The maximum absolute atomic E-state index is 6.18. The van der Waals surface area contributed by atoms with Crippen molar-refractivity contribution in [2.24, 2.45) is 4.99 Å². The summed E-state index contributed by atoms with van der Waals surface area (Å²) < 4.78 is 0. The van der Waals surface area contributed by atoms with Crippen LogP contribution in [0.3, 0.4) is 0 Å². The van der Waals surface area contributed by atoms with E-state index in [4.69, 9.17) is 11.6 Å². The van der Waals surface area contributed by atoms with Crippen LogP contribution in [0.15, 0.2) is 71.0 Å². The van der Waals surface area contributed by atoms with Crippen molar-refractivity contribution in [2.75, 3.05) is 6.54 Å². The van der Waals surface area contributed by atoms with E-state index in [0.29, 0.717) is 11.6 Å². The minimum atomic E-state index is 0.684. The molecule has 0 amide bonds. The Morgan fingerprint density at radius 3 is 2.90 bits per heavy atom. The zero-order chi connectivity index (χ0) is 20.5. The van der Waals surface area contributed by atoms with Gasteiger partial charge in [-0.15, -0.1) is 5.73 Å². The normalized spacial score (nSPS) is 13.0. The van der Waals surface area contributed by atoms with E-state index in [9.17, 15) is 0 Å². The minimum absolute atomic E-state index is 0.684. The first-order valence-corrected chi connectivity index (χ1v) is 10.2. The molecule has 1 heterocycles. The lowest BCUT2D eigenvalue weighted by Gasteiger charge is -2.10. The third-order valence-corrected chi connectivity index (χ3v) is 4.86. The Labute approximate surface area is 177 Å². The smallest absolute Gasteiger partial charge is 0.0639 e. The molecular weight excluding hydrogens is 378 g/mol. The second-order valence-corrected chi connectivity index (χ2v) is 7.24. The summed E-state index contributed by atoms with van der Waals surface area (Å²) in [7, 11) is 0. The van der Waals surface area contributed by atoms with E-state index in [0.717, 1.165) is 41.9 Å². The van der Waals surface area contributed by atoms with Crippen molar-refractivity contribution in [3.8, 4) is 0 Å². The van der Waals surface area contributed by atoms with Gasteiger partial charge in [-0.3, -0.25) is 4.99 Å². The van der Waals surface area contributed by atoms with E-state index in [1.807, 2.05) is 30.6 Å². The van der Waals surface area contributed by atoms with Crippen molar-refractivity contribution < 1.29 is 0 Å². The summed E-state index contributed by atoms with van der Waals surface area (Å²) in [5, 5.41) is 4.11. The Morgan fingerprint density at radius 2 is 2.10 bits per heavy atom. The van der Waals surface area contributed by atoms with Gasteiger partial charge in [-0.1, -0.05) is 55.4 Å². The molecule has 0 aliphatic heterocycles. The fourth-order valence-corrected chi connectivity index (χ4v) is 3.22. The lowest BCUT2D eigenvalue weighted by atomic mass is 10.1. The fourth-order valence-electron chi connectivity index (χ4n) is 3.05. The molecule has 1 aromatic carbocycles. The molecule has 3 rings (SSSR count). The highest BCUT2D eigenvalue weighted by atomic mass is 35.5. The predicted molar refractivity (Wildman–Crippen MR) is 126 cm³/mol. The number of rotatable bonds is 9. The van der Waals surface area contributed by atoms with E-state index in [-0.39, 0.29) is 0 Å². The average Bonchev–Trinajstić information content (AvgIpc) is 2.99. The zero-order valence-corrected chi connectivity index (χ0v) is 17.5. The lowest BCUT2D eigenvalue weighted by molar-refractivity contribution is 0.849. The third kappa shape index (κ3) is 5.99. The highest BCUT2D eigenvalue weighted by Crippen LogP contribution is 2.23. The van der Waals surface area contributed by atoms with Crippen molar-refractivity contribution in [2.45, 2.75) is 26.3 Å². The molecular formula is C25H26ClN3. The maximum Gasteiger partial charge on any atom is 0.0639 e. The van der Waals surface area contributed by atoms with E-state index in [1.54, 1.807) is 6.08 Å². The number of hydrogen-bond donors (Lipinski definition) is 2. The van der Waals surface area contributed by atoms with Gasteiger partial charge in [0, 0.05) is 41.3 Å². The summed E-state index contributed by atoms with van der Waals surface area (Å²) in [5.74, 6) is 0. The predicted octanol–water partition coefficient (Wildman–Crippen LogP) is 6.12. The number of benzene rings is 1. The van der Waals surface area contributed by atoms with Crippen LogP contribution in [0.25, 0.3) is 17.8 Å². The summed E-state index contributed by atoms with van der Waals surface area (Å²) in [6.07, 6.45) is 15.5. The topological polar surface area (TPSA) is 40.2 Å². The molecule has 0 bridgehead atoms. The van der Waals surface area contributed by atoms with Gasteiger partial charge in [-0.2, -0.15) is 0 Å². The number of nitrogens with one attached hydrogen (secondary N) is 2. The molecule has 4 heteroatoms. The van der Waals surface area contributed by atoms with Crippen LogP contribution in [0.4, 0.5) is 0 Å². The van der Waals surface area contributed by atoms with Crippen LogP contribution >= 0.6 is 11.6 Å². The Bertz CT molecular complexity index is 997. The SMILES string of the molecule is C=C(NCCc1c[nH]c2c1C=C(Cl)C=C=C2)c1ccc(CN=C/C=C\CC)cc1. The van der Waals surface area contributed by atoms with Crippen molar-refractivity contribution in [1.29, 1.82) is 0 Å². The number of halogens is 1. The molecule has 0 saturated carbocycles. The number of aromatic nitrogens is 1. The molecule has 0 unspecified atom stereocenters. The summed E-state index contributed by atoms with van der Waals surface area (Å²) in [6.45, 7) is 7.76. The zero-order valence-electron chi connectivity index (χ0n) is 16.7. The molecule has 0 radical (unpaired) electrons. The van der Waals surface area contributed by atoms with E-state index in [2.05, 4.69) is 64.9 Å². The molecule has 148 valence electrons. The largest absolute Gasteiger partial charge is 0.385 e. The monoisotopic (exact) mass is 403 g/mol. The number of aromatic amines is 1. The van der Waals surface area contributed by atoms with Crippen LogP contribution < -0.4 is 5.32 Å². The molecule has 0 saturated heterocycles. The van der Waals surface area contributed by atoms with Gasteiger partial charge in [-0.25, -0.2) is 0 Å². The van der Waals surface area contributed by atoms with E-state index >= 15 is 0 Å². The Kier molecular flexibility index (Phi) is 7.52. The molecule has 29 heavy (non-hydrogen) atoms. The molecule has 0 atom stereocenters. The van der Waals surface area contributed by atoms with Gasteiger partial charge in [0.25, 0.3) is 0 Å². The molecule has 0 fully saturated rings.